The Hall–Kier alpha value is 0.949. The molecule has 0 N–H and O–H groups in total. The summed E-state index contributed by atoms with van der Waals surface area (Å²) in [5.41, 5.74) is 0. The van der Waals surface area contributed by atoms with E-state index in [4.69, 9.17) is 9.05 Å². The van der Waals surface area contributed by atoms with Crippen LogP contribution in [-0.4, -0.2) is 34.8 Å². The van der Waals surface area contributed by atoms with Gasteiger partial charge in [-0.3, -0.25) is 0 Å². The third kappa shape index (κ3) is 6.50. The van der Waals surface area contributed by atoms with Gasteiger partial charge >= 0.3 is 163 Å². The number of unbranched alkanes of at least 4 members (excludes halogenated alkanes) is 3. The van der Waals surface area contributed by atoms with Crippen LogP contribution in [0.4, 0.5) is 0 Å². The second-order valence-electron chi connectivity index (χ2n) is 7.55. The minimum atomic E-state index is -3.09. The molecule has 0 saturated heterocycles. The van der Waals surface area contributed by atoms with Crippen LogP contribution in [0.1, 0.15) is 93.4 Å². The van der Waals surface area contributed by atoms with Gasteiger partial charge in [-0.2, -0.15) is 0 Å². The Bertz CT molecular complexity index is 357. The van der Waals surface area contributed by atoms with Gasteiger partial charge in [0.05, 0.1) is 0 Å². The first-order valence-electron chi connectivity index (χ1n) is 10.8. The molecule has 0 rings (SSSR count). The molecule has 0 radical (unpaired) electrons. The van der Waals surface area contributed by atoms with E-state index in [2.05, 4.69) is 34.6 Å². The second kappa shape index (κ2) is 13.2. The first kappa shape index (κ1) is 25.9. The molecule has 1 unspecified atom stereocenters. The number of rotatable bonds is 16. The van der Waals surface area contributed by atoms with Crippen molar-refractivity contribution in [3.8, 4) is 0 Å². The molecule has 0 aromatic rings. The van der Waals surface area contributed by atoms with Crippen LogP contribution in [0.3, 0.4) is 0 Å². The summed E-state index contributed by atoms with van der Waals surface area (Å²) >= 11 is -2.79. The zero-order chi connectivity index (χ0) is 19.4. The van der Waals surface area contributed by atoms with Crippen LogP contribution in [-0.2, 0) is 13.6 Å². The standard InChI is InChI=1S/C8H18O3P.3C4H9.Sn/c1-5-8(4)12(9,10-6-2)11-7-3;3*1-3-4-2;/h5-7H2,1-4H3;3*1,3-4H2,2H3;. The molecule has 1 atom stereocenters. The van der Waals surface area contributed by atoms with Crippen LogP contribution >= 0.6 is 7.60 Å². The Morgan fingerprint density at radius 3 is 1.36 bits per heavy atom. The normalized spacial score (nSPS) is 15.3. The van der Waals surface area contributed by atoms with Crippen molar-refractivity contribution >= 4 is 26.0 Å². The summed E-state index contributed by atoms with van der Waals surface area (Å²) in [6, 6.07) is 0. The van der Waals surface area contributed by atoms with Crippen LogP contribution < -0.4 is 0 Å². The minimum absolute atomic E-state index is 0.215. The van der Waals surface area contributed by atoms with Gasteiger partial charge in [-0.15, -0.1) is 0 Å². The molecule has 5 heteroatoms. The monoisotopic (exact) mass is 484 g/mol. The van der Waals surface area contributed by atoms with Crippen LogP contribution in [0.15, 0.2) is 0 Å². The first-order valence-corrected chi connectivity index (χ1v) is 19.8. The fraction of sp³-hybridized carbons (Fsp3) is 1.00. The first-order chi connectivity index (χ1) is 11.9. The van der Waals surface area contributed by atoms with E-state index >= 15 is 0 Å². The molecule has 0 fully saturated rings. The van der Waals surface area contributed by atoms with Gasteiger partial charge in [-0.1, -0.05) is 0 Å². The average molecular weight is 483 g/mol. The Labute approximate surface area is 162 Å². The number of hydrogen-bond acceptors (Lipinski definition) is 3. The molecule has 152 valence electrons. The van der Waals surface area contributed by atoms with E-state index in [-0.39, 0.29) is 3.17 Å². The van der Waals surface area contributed by atoms with Crippen molar-refractivity contribution < 1.29 is 13.6 Å². The molecule has 0 aliphatic rings. The van der Waals surface area contributed by atoms with E-state index in [0.717, 1.165) is 6.42 Å². The molecular weight excluding hydrogens is 438 g/mol. The molecule has 0 aromatic heterocycles. The topological polar surface area (TPSA) is 35.5 Å². The molecule has 3 nitrogen and oxygen atoms in total. The Kier molecular flexibility index (Phi) is 13.7. The summed E-state index contributed by atoms with van der Waals surface area (Å²) in [6.07, 6.45) is 8.43. The van der Waals surface area contributed by atoms with Crippen molar-refractivity contribution in [1.29, 1.82) is 0 Å². The van der Waals surface area contributed by atoms with E-state index in [1.807, 2.05) is 13.8 Å². The van der Waals surface area contributed by atoms with E-state index in [1.165, 1.54) is 51.8 Å². The zero-order valence-corrected chi connectivity index (χ0v) is 21.9. The van der Waals surface area contributed by atoms with Gasteiger partial charge in [-0.25, -0.2) is 0 Å². The summed E-state index contributed by atoms with van der Waals surface area (Å²) in [4.78, 5) is 0. The summed E-state index contributed by atoms with van der Waals surface area (Å²) in [7, 11) is -3.09. The predicted molar refractivity (Wildman–Crippen MR) is 114 cm³/mol. The summed E-state index contributed by atoms with van der Waals surface area (Å²) in [5, 5.41) is 0. The van der Waals surface area contributed by atoms with E-state index in [0.29, 0.717) is 13.2 Å². The van der Waals surface area contributed by atoms with Crippen LogP contribution in [0.5, 0.6) is 0 Å². The third-order valence-corrected chi connectivity index (χ3v) is 33.1. The molecule has 0 spiro atoms. The fourth-order valence-corrected chi connectivity index (χ4v) is 32.6. The maximum atomic E-state index is 14.0. The van der Waals surface area contributed by atoms with Crippen LogP contribution in [0, 0.1) is 0 Å². The summed E-state index contributed by atoms with van der Waals surface area (Å²) in [6.45, 7) is 16.2. The van der Waals surface area contributed by atoms with Gasteiger partial charge in [0.15, 0.2) is 0 Å². The molecule has 0 amide bonds. The van der Waals surface area contributed by atoms with Crippen molar-refractivity contribution in [2.45, 2.75) is 110 Å². The molecule has 0 aliphatic heterocycles. The van der Waals surface area contributed by atoms with Crippen LogP contribution in [0.25, 0.3) is 0 Å². The Morgan fingerprint density at radius 2 is 1.12 bits per heavy atom. The van der Waals surface area contributed by atoms with Crippen molar-refractivity contribution in [1.82, 2.24) is 0 Å². The van der Waals surface area contributed by atoms with Gasteiger partial charge in [0.2, 0.25) is 0 Å². The molecular formula is C20H45O3PSn. The Morgan fingerprint density at radius 1 is 0.760 bits per heavy atom. The van der Waals surface area contributed by atoms with E-state index in [9.17, 15) is 4.57 Å². The van der Waals surface area contributed by atoms with E-state index < -0.39 is 26.0 Å². The summed E-state index contributed by atoms with van der Waals surface area (Å²) in [5.74, 6) is 0. The molecule has 0 bridgehead atoms. The van der Waals surface area contributed by atoms with Crippen LogP contribution in [0.2, 0.25) is 13.3 Å². The second-order valence-corrected chi connectivity index (χ2v) is 26.0. The SMILES string of the molecule is CCC[CH2][Sn]([CH2]CCC)([CH2]CCC)[C](C)(CC)P(=O)(OCC)OCC. The third-order valence-electron chi connectivity index (χ3n) is 6.06. The molecule has 0 aliphatic carbocycles. The fourth-order valence-electron chi connectivity index (χ4n) is 4.25. The van der Waals surface area contributed by atoms with Gasteiger partial charge in [0.25, 0.3) is 0 Å². The van der Waals surface area contributed by atoms with Gasteiger partial charge in [-0.05, 0) is 0 Å². The van der Waals surface area contributed by atoms with Crippen molar-refractivity contribution in [2.75, 3.05) is 13.2 Å². The average Bonchev–Trinajstić information content (AvgIpc) is 2.61. The van der Waals surface area contributed by atoms with Gasteiger partial charge < -0.3 is 0 Å². The Balaban J connectivity index is 6.16. The molecule has 0 saturated carbocycles. The van der Waals surface area contributed by atoms with Crippen molar-refractivity contribution in [2.24, 2.45) is 0 Å². The summed E-state index contributed by atoms with van der Waals surface area (Å²) < 4.78 is 29.7. The molecule has 25 heavy (non-hydrogen) atoms. The maximum absolute atomic E-state index is 14.0. The van der Waals surface area contributed by atoms with Crippen molar-refractivity contribution in [3.63, 3.8) is 0 Å². The predicted octanol–water partition coefficient (Wildman–Crippen LogP) is 7.81. The van der Waals surface area contributed by atoms with Crippen molar-refractivity contribution in [3.05, 3.63) is 0 Å². The van der Waals surface area contributed by atoms with Gasteiger partial charge in [0.1, 0.15) is 0 Å². The zero-order valence-electron chi connectivity index (χ0n) is 18.2. The molecule has 0 heterocycles. The van der Waals surface area contributed by atoms with Gasteiger partial charge in [0, 0.05) is 0 Å². The van der Waals surface area contributed by atoms with E-state index in [1.54, 1.807) is 0 Å². The number of hydrogen-bond donors (Lipinski definition) is 0. The molecule has 0 aromatic carbocycles. The quantitative estimate of drug-likeness (QED) is 0.166.